The first-order chi connectivity index (χ1) is 9.95. The Kier molecular flexibility index (Phi) is 4.70. The Labute approximate surface area is 123 Å². The van der Waals surface area contributed by atoms with Crippen molar-refractivity contribution in [2.75, 3.05) is 17.2 Å². The highest BCUT2D eigenvalue weighted by Crippen LogP contribution is 2.26. The number of anilines is 2. The van der Waals surface area contributed by atoms with Crippen LogP contribution in [0.2, 0.25) is 5.02 Å². The van der Waals surface area contributed by atoms with Gasteiger partial charge in [0.1, 0.15) is 11.6 Å². The van der Waals surface area contributed by atoms with Crippen LogP contribution in [0.5, 0.6) is 0 Å². The number of carbonyl (C=O) groups is 1. The van der Waals surface area contributed by atoms with E-state index in [2.05, 4.69) is 10.6 Å². The minimum absolute atomic E-state index is 0.160. The molecule has 0 aliphatic carbocycles. The van der Waals surface area contributed by atoms with Crippen molar-refractivity contribution in [3.05, 3.63) is 58.9 Å². The third-order valence-corrected chi connectivity index (χ3v) is 2.86. The fourth-order valence-electron chi connectivity index (χ4n) is 1.62. The molecule has 0 radical (unpaired) electrons. The van der Waals surface area contributed by atoms with E-state index in [0.717, 1.165) is 6.07 Å². The molecule has 3 nitrogen and oxygen atoms in total. The number of rotatable bonds is 4. The summed E-state index contributed by atoms with van der Waals surface area (Å²) < 4.78 is 39.0. The summed E-state index contributed by atoms with van der Waals surface area (Å²) in [5.74, 6) is -2.61. The van der Waals surface area contributed by atoms with Crippen molar-refractivity contribution in [2.45, 2.75) is 0 Å². The highest BCUT2D eigenvalue weighted by atomic mass is 35.5. The Morgan fingerprint density at radius 2 is 1.71 bits per heavy atom. The lowest BCUT2D eigenvalue weighted by Crippen LogP contribution is -2.22. The predicted octanol–water partition coefficient (Wildman–Crippen LogP) is 3.81. The molecule has 0 atom stereocenters. The summed E-state index contributed by atoms with van der Waals surface area (Å²) in [7, 11) is 0. The molecule has 110 valence electrons. The number of nitrogens with one attached hydrogen (secondary N) is 2. The van der Waals surface area contributed by atoms with E-state index in [0.29, 0.717) is 11.8 Å². The molecule has 2 rings (SSSR count). The average Bonchev–Trinajstić information content (AvgIpc) is 2.40. The molecular formula is C14H10ClF3N2O. The van der Waals surface area contributed by atoms with Crippen LogP contribution >= 0.6 is 11.6 Å². The molecule has 2 aromatic carbocycles. The van der Waals surface area contributed by atoms with E-state index in [9.17, 15) is 18.0 Å². The van der Waals surface area contributed by atoms with E-state index in [1.165, 1.54) is 24.3 Å². The molecule has 0 spiro atoms. The number of hydrogen-bond donors (Lipinski definition) is 2. The number of amides is 1. The molecule has 2 N–H and O–H groups in total. The van der Waals surface area contributed by atoms with Crippen molar-refractivity contribution < 1.29 is 18.0 Å². The molecule has 0 heterocycles. The van der Waals surface area contributed by atoms with Crippen molar-refractivity contribution in [1.82, 2.24) is 0 Å². The SMILES string of the molecule is O=C(CNc1c(F)cc(F)cc1Cl)Nc1ccc(F)cc1. The van der Waals surface area contributed by atoms with Crippen LogP contribution in [0.1, 0.15) is 0 Å². The van der Waals surface area contributed by atoms with Gasteiger partial charge in [0.2, 0.25) is 5.91 Å². The molecule has 0 aromatic heterocycles. The van der Waals surface area contributed by atoms with Gasteiger partial charge in [0.25, 0.3) is 0 Å². The fraction of sp³-hybridized carbons (Fsp3) is 0.0714. The highest BCUT2D eigenvalue weighted by Gasteiger charge is 2.11. The second-order valence-electron chi connectivity index (χ2n) is 4.15. The zero-order valence-corrected chi connectivity index (χ0v) is 11.3. The van der Waals surface area contributed by atoms with Gasteiger partial charge in [0, 0.05) is 11.8 Å². The topological polar surface area (TPSA) is 41.1 Å². The van der Waals surface area contributed by atoms with Gasteiger partial charge in [-0.2, -0.15) is 0 Å². The molecule has 0 aliphatic rings. The fourth-order valence-corrected chi connectivity index (χ4v) is 1.88. The predicted molar refractivity (Wildman–Crippen MR) is 74.9 cm³/mol. The molecule has 0 saturated heterocycles. The lowest BCUT2D eigenvalue weighted by Gasteiger charge is -2.10. The summed E-state index contributed by atoms with van der Waals surface area (Å²) in [6.07, 6.45) is 0. The van der Waals surface area contributed by atoms with Crippen LogP contribution in [0.25, 0.3) is 0 Å². The van der Waals surface area contributed by atoms with Gasteiger partial charge in [0.15, 0.2) is 5.82 Å². The summed E-state index contributed by atoms with van der Waals surface area (Å²) in [5.41, 5.74) is 0.237. The molecule has 0 aliphatic heterocycles. The maximum absolute atomic E-state index is 13.5. The zero-order chi connectivity index (χ0) is 15.4. The monoisotopic (exact) mass is 314 g/mol. The molecular weight excluding hydrogens is 305 g/mol. The van der Waals surface area contributed by atoms with Crippen LogP contribution in [-0.4, -0.2) is 12.5 Å². The first-order valence-corrected chi connectivity index (χ1v) is 6.27. The molecule has 0 fully saturated rings. The smallest absolute Gasteiger partial charge is 0.243 e. The number of benzene rings is 2. The van der Waals surface area contributed by atoms with Crippen LogP contribution < -0.4 is 10.6 Å². The van der Waals surface area contributed by atoms with Crippen molar-refractivity contribution in [3.63, 3.8) is 0 Å². The molecule has 0 unspecified atom stereocenters. The third kappa shape index (κ3) is 4.13. The summed E-state index contributed by atoms with van der Waals surface area (Å²) in [5, 5.41) is 4.80. The van der Waals surface area contributed by atoms with Crippen LogP contribution in [-0.2, 0) is 4.79 Å². The standard InChI is InChI=1S/C14H10ClF3N2O/c15-11-5-9(17)6-12(18)14(11)19-7-13(21)20-10-3-1-8(16)2-4-10/h1-6,19H,7H2,(H,20,21). The van der Waals surface area contributed by atoms with Crippen molar-refractivity contribution in [3.8, 4) is 0 Å². The van der Waals surface area contributed by atoms with Gasteiger partial charge in [-0.05, 0) is 30.3 Å². The number of carbonyl (C=O) groups excluding carboxylic acids is 1. The van der Waals surface area contributed by atoms with Crippen molar-refractivity contribution >= 4 is 28.9 Å². The van der Waals surface area contributed by atoms with E-state index in [4.69, 9.17) is 11.6 Å². The van der Waals surface area contributed by atoms with Crippen LogP contribution in [0.3, 0.4) is 0 Å². The largest absolute Gasteiger partial charge is 0.373 e. The average molecular weight is 315 g/mol. The van der Waals surface area contributed by atoms with E-state index in [1.54, 1.807) is 0 Å². The number of hydrogen-bond acceptors (Lipinski definition) is 2. The molecule has 21 heavy (non-hydrogen) atoms. The van der Waals surface area contributed by atoms with Gasteiger partial charge in [0.05, 0.1) is 17.3 Å². The summed E-state index contributed by atoms with van der Waals surface area (Å²) in [6, 6.07) is 6.76. The molecule has 0 saturated carbocycles. The van der Waals surface area contributed by atoms with Gasteiger partial charge >= 0.3 is 0 Å². The van der Waals surface area contributed by atoms with E-state index >= 15 is 0 Å². The normalized spacial score (nSPS) is 10.3. The molecule has 1 amide bonds. The van der Waals surface area contributed by atoms with E-state index in [1.807, 2.05) is 0 Å². The molecule has 2 aromatic rings. The molecule has 7 heteroatoms. The summed E-state index contributed by atoms with van der Waals surface area (Å²) >= 11 is 5.68. The summed E-state index contributed by atoms with van der Waals surface area (Å²) in [6.45, 7) is -0.278. The first kappa shape index (κ1) is 15.2. The van der Waals surface area contributed by atoms with Gasteiger partial charge in [-0.15, -0.1) is 0 Å². The highest BCUT2D eigenvalue weighted by molar-refractivity contribution is 6.33. The van der Waals surface area contributed by atoms with Gasteiger partial charge in [-0.25, -0.2) is 13.2 Å². The lowest BCUT2D eigenvalue weighted by atomic mass is 10.3. The Morgan fingerprint density at radius 1 is 1.05 bits per heavy atom. The van der Waals surface area contributed by atoms with Gasteiger partial charge < -0.3 is 10.6 Å². The Balaban J connectivity index is 1.97. The lowest BCUT2D eigenvalue weighted by molar-refractivity contribution is -0.114. The maximum Gasteiger partial charge on any atom is 0.243 e. The maximum atomic E-state index is 13.5. The first-order valence-electron chi connectivity index (χ1n) is 5.89. The second kappa shape index (κ2) is 6.49. The minimum atomic E-state index is -0.894. The quantitative estimate of drug-likeness (QED) is 0.901. The zero-order valence-electron chi connectivity index (χ0n) is 10.6. The third-order valence-electron chi connectivity index (χ3n) is 2.56. The van der Waals surface area contributed by atoms with E-state index < -0.39 is 23.4 Å². The Bertz CT molecular complexity index is 639. The van der Waals surface area contributed by atoms with Crippen LogP contribution in [0.15, 0.2) is 36.4 Å². The van der Waals surface area contributed by atoms with Crippen molar-refractivity contribution in [2.24, 2.45) is 0 Å². The van der Waals surface area contributed by atoms with Crippen molar-refractivity contribution in [1.29, 1.82) is 0 Å². The second-order valence-corrected chi connectivity index (χ2v) is 4.56. The summed E-state index contributed by atoms with van der Waals surface area (Å²) in [4.78, 5) is 11.7. The number of halogens is 4. The van der Waals surface area contributed by atoms with Crippen LogP contribution in [0.4, 0.5) is 24.5 Å². The van der Waals surface area contributed by atoms with Gasteiger partial charge in [-0.3, -0.25) is 4.79 Å². The molecule has 0 bridgehead atoms. The van der Waals surface area contributed by atoms with Crippen LogP contribution in [0, 0.1) is 17.5 Å². The Hall–Kier alpha value is -2.21. The van der Waals surface area contributed by atoms with Gasteiger partial charge in [-0.1, -0.05) is 11.6 Å². The Morgan fingerprint density at radius 3 is 2.33 bits per heavy atom. The van der Waals surface area contributed by atoms with E-state index in [-0.39, 0.29) is 17.3 Å². The minimum Gasteiger partial charge on any atom is -0.373 e.